The highest BCUT2D eigenvalue weighted by Crippen LogP contribution is 2.56. The summed E-state index contributed by atoms with van der Waals surface area (Å²) in [6.45, 7) is 1.20. The van der Waals surface area contributed by atoms with E-state index in [0.717, 1.165) is 42.8 Å². The Morgan fingerprint density at radius 1 is 0.984 bits per heavy atom. The molecule has 32 heteroatoms. The maximum atomic E-state index is 12.6. The number of Topliss-reactive ketones (excluding diaryl/α,β-unsaturated/α-hetero) is 2. The third-order valence-electron chi connectivity index (χ3n) is 9.06. The highest BCUT2D eigenvalue weighted by Gasteiger charge is 2.47. The van der Waals surface area contributed by atoms with Gasteiger partial charge in [0, 0.05) is 55.4 Å². The average molecular weight is 989 g/mol. The molecule has 1 fully saturated rings. The quantitative estimate of drug-likeness (QED) is 0.0305. The molecular weight excluding hydrogens is 943 g/mol. The first-order valence-corrected chi connectivity index (χ1v) is 24.2. The Morgan fingerprint density at radius 2 is 1.66 bits per heavy atom. The fourth-order valence-corrected chi connectivity index (χ4v) is 9.01. The van der Waals surface area contributed by atoms with Crippen LogP contribution in [0.25, 0.3) is 11.2 Å². The Bertz CT molecular complexity index is 2160. The van der Waals surface area contributed by atoms with Crippen LogP contribution >= 0.6 is 35.2 Å². The molecule has 3 heterocycles. The zero-order valence-corrected chi connectivity index (χ0v) is 37.7. The number of nitrogens with one attached hydrogen (secondary N) is 2. The number of ketones is 2. The molecule has 2 aromatic rings. The summed E-state index contributed by atoms with van der Waals surface area (Å²) in [5.41, 5.74) is 3.96. The molecule has 0 aromatic carbocycles. The number of nitrogen functional groups attached to an aromatic ring is 1. The summed E-state index contributed by atoms with van der Waals surface area (Å²) in [5, 5.41) is 36.1. The van der Waals surface area contributed by atoms with Crippen molar-refractivity contribution in [3.63, 3.8) is 0 Å². The number of rotatable bonds is 28. The van der Waals surface area contributed by atoms with Crippen LogP contribution in [0, 0.1) is 11.3 Å². The number of nitrogens with zero attached hydrogens (tertiary/aromatic N) is 4. The molecule has 64 heavy (non-hydrogen) atoms. The molecular formula is C32H45N7O21P3S-5. The van der Waals surface area contributed by atoms with Crippen molar-refractivity contribution >= 4 is 86.7 Å². The lowest BCUT2D eigenvalue weighted by atomic mass is 9.87. The van der Waals surface area contributed by atoms with Gasteiger partial charge in [-0.2, -0.15) is 0 Å². The first-order chi connectivity index (χ1) is 29.6. The van der Waals surface area contributed by atoms with Crippen molar-refractivity contribution in [3.05, 3.63) is 12.7 Å². The van der Waals surface area contributed by atoms with Crippen LogP contribution in [0.5, 0.6) is 0 Å². The van der Waals surface area contributed by atoms with E-state index in [0.29, 0.717) is 0 Å². The number of aliphatic hydroxyl groups is 2. The molecule has 360 valence electrons. The molecule has 0 saturated carbocycles. The number of anilines is 1. The van der Waals surface area contributed by atoms with Gasteiger partial charge in [-0.05, 0) is 12.8 Å². The third kappa shape index (κ3) is 17.6. The average Bonchev–Trinajstić information content (AvgIpc) is 3.75. The number of aromatic nitrogens is 4. The Kier molecular flexibility index (Phi) is 20.3. The number of hydrogen-bond donors (Lipinski definition) is 5. The number of carboxylic acid groups (broad SMARTS) is 1. The molecule has 6 N–H and O–H groups in total. The van der Waals surface area contributed by atoms with Gasteiger partial charge < -0.3 is 78.9 Å². The molecule has 3 unspecified atom stereocenters. The molecule has 3 rings (SSSR count). The second-order valence-electron chi connectivity index (χ2n) is 14.7. The Labute approximate surface area is 367 Å². The molecule has 8 atom stereocenters. The molecule has 1 aliphatic rings. The second kappa shape index (κ2) is 23.7. The van der Waals surface area contributed by atoms with E-state index in [1.165, 1.54) is 0 Å². The highest BCUT2D eigenvalue weighted by atomic mass is 32.2. The van der Waals surface area contributed by atoms with Gasteiger partial charge >= 0.3 is 0 Å². The van der Waals surface area contributed by atoms with E-state index in [-0.39, 0.29) is 67.3 Å². The number of phosphoric ester groups is 3. The van der Waals surface area contributed by atoms with Crippen LogP contribution in [0.1, 0.15) is 65.5 Å². The van der Waals surface area contributed by atoms with E-state index < -0.39 is 120 Å². The molecule has 1 aliphatic heterocycles. The second-order valence-corrected chi connectivity index (χ2v) is 19.9. The largest absolute Gasteiger partial charge is 0.790 e. The van der Waals surface area contributed by atoms with E-state index in [2.05, 4.69) is 43.5 Å². The van der Waals surface area contributed by atoms with Crippen LogP contribution < -0.4 is 41.0 Å². The van der Waals surface area contributed by atoms with Crippen LogP contribution in [0.3, 0.4) is 0 Å². The van der Waals surface area contributed by atoms with Gasteiger partial charge in [-0.3, -0.25) is 37.7 Å². The van der Waals surface area contributed by atoms with Crippen molar-refractivity contribution in [2.75, 3.05) is 37.8 Å². The van der Waals surface area contributed by atoms with Crippen molar-refractivity contribution in [3.8, 4) is 0 Å². The summed E-state index contributed by atoms with van der Waals surface area (Å²) in [7, 11) is -17.7. The monoisotopic (exact) mass is 988 g/mol. The summed E-state index contributed by atoms with van der Waals surface area (Å²) in [4.78, 5) is 131. The SMILES string of the molecule is CC(CCC(=O)CC(=O)SCCNC(=O)CCNC(=O)[C@H](O)C(C)(C)COP(=O)([O-])OP(=O)([O-])OC[C@H]1O[C@@H](n2cnc3c(N)ncnc32)[C@H](O)[C@@H]1OP(=O)([O-])[O-])C(=O)CCC(=O)[O-]. The summed E-state index contributed by atoms with van der Waals surface area (Å²) in [6, 6.07) is 0. The van der Waals surface area contributed by atoms with Gasteiger partial charge in [-0.25, -0.2) is 19.3 Å². The number of thioether (sulfide) groups is 1. The number of carboxylic acids is 1. The fraction of sp³-hybridized carbons (Fsp3) is 0.656. The van der Waals surface area contributed by atoms with Crippen LogP contribution in [0.4, 0.5) is 5.82 Å². The Hall–Kier alpha value is -3.63. The molecule has 28 nitrogen and oxygen atoms in total. The number of fused-ring (bicyclic) bond motifs is 1. The van der Waals surface area contributed by atoms with Crippen molar-refractivity contribution in [1.29, 1.82) is 0 Å². The normalized spacial score (nSPS) is 20.8. The number of aliphatic hydroxyl groups excluding tert-OH is 2. The van der Waals surface area contributed by atoms with E-state index in [1.54, 1.807) is 6.92 Å². The predicted molar refractivity (Wildman–Crippen MR) is 205 cm³/mol. The zero-order valence-electron chi connectivity index (χ0n) is 34.2. The van der Waals surface area contributed by atoms with Crippen molar-refractivity contribution in [1.82, 2.24) is 30.2 Å². The molecule has 0 radical (unpaired) electrons. The van der Waals surface area contributed by atoms with Crippen molar-refractivity contribution in [2.45, 2.75) is 89.9 Å². The summed E-state index contributed by atoms with van der Waals surface area (Å²) < 4.78 is 60.5. The number of ether oxygens (including phenoxy) is 1. The topological polar surface area (TPSA) is 449 Å². The van der Waals surface area contributed by atoms with Crippen LogP contribution in [-0.2, 0) is 65.1 Å². The lowest BCUT2D eigenvalue weighted by Crippen LogP contribution is -2.46. The number of aliphatic carboxylic acids is 1. The van der Waals surface area contributed by atoms with Crippen LogP contribution in [0.15, 0.2) is 12.7 Å². The molecule has 2 amide bonds. The van der Waals surface area contributed by atoms with E-state index in [4.69, 9.17) is 10.5 Å². The molecule has 0 aliphatic carbocycles. The first kappa shape index (κ1) is 54.7. The van der Waals surface area contributed by atoms with Gasteiger partial charge in [0.15, 0.2) is 22.8 Å². The predicted octanol–water partition coefficient (Wildman–Crippen LogP) is -4.39. The molecule has 0 bridgehead atoms. The van der Waals surface area contributed by atoms with E-state index in [1.807, 2.05) is 0 Å². The van der Waals surface area contributed by atoms with Gasteiger partial charge in [0.1, 0.15) is 47.8 Å². The minimum atomic E-state index is -5.96. The van der Waals surface area contributed by atoms with Gasteiger partial charge in [-0.15, -0.1) is 0 Å². The Morgan fingerprint density at radius 3 is 2.31 bits per heavy atom. The number of carbonyl (C=O) groups excluding carboxylic acids is 6. The zero-order chi connectivity index (χ0) is 48.2. The lowest BCUT2D eigenvalue weighted by Gasteiger charge is -2.36. The maximum Gasteiger partial charge on any atom is 0.274 e. The van der Waals surface area contributed by atoms with Crippen molar-refractivity contribution < 1.29 is 100.0 Å². The van der Waals surface area contributed by atoms with Gasteiger partial charge in [0.05, 0.1) is 33.8 Å². The number of hydrogen-bond acceptors (Lipinski definition) is 26. The number of amides is 2. The van der Waals surface area contributed by atoms with Crippen LogP contribution in [-0.4, -0.2) is 121 Å². The minimum Gasteiger partial charge on any atom is -0.790 e. The Balaban J connectivity index is 1.40. The standard InChI is InChI=1S/C32H50N7O21P3S/c1-17(19(41)6-7-22(43)44)4-5-18(40)12-23(45)64-11-10-34-21(42)8-9-35-30(48)27(47)32(2,3)14-57-63(54,55)60-62(52,53)56-13-20-26(59-61(49,50)51)25(46)31(58-20)39-16-38-24-28(33)36-15-37-29(24)39/h15-17,20,25-27,31,46-47H,4-14H2,1-3H3,(H,34,42)(H,35,48)(H,43,44)(H,52,53)(H,54,55)(H2,33,36,37)(H2,49,50,51)/p-5/t17?,20-,25-,26-,27+,31-/m1/s1. The maximum absolute atomic E-state index is 12.6. The molecule has 2 aromatic heterocycles. The number of phosphoric acid groups is 3. The summed E-state index contributed by atoms with van der Waals surface area (Å²) in [6.07, 6.45) is -8.86. The molecule has 0 spiro atoms. The van der Waals surface area contributed by atoms with Crippen LogP contribution in [0.2, 0.25) is 0 Å². The number of imidazole rings is 1. The van der Waals surface area contributed by atoms with Gasteiger partial charge in [0.2, 0.25) is 11.8 Å². The third-order valence-corrected chi connectivity index (χ3v) is 12.9. The first-order valence-electron chi connectivity index (χ1n) is 18.8. The molecule has 1 saturated heterocycles. The highest BCUT2D eigenvalue weighted by molar-refractivity contribution is 8.13. The lowest BCUT2D eigenvalue weighted by molar-refractivity contribution is -0.347. The summed E-state index contributed by atoms with van der Waals surface area (Å²) in [5.74, 6) is -4.34. The fourth-order valence-electron chi connectivity index (χ4n) is 5.58. The van der Waals surface area contributed by atoms with E-state index in [9.17, 15) is 77.4 Å². The van der Waals surface area contributed by atoms with E-state index >= 15 is 0 Å². The minimum absolute atomic E-state index is 0.00225. The van der Waals surface area contributed by atoms with Gasteiger partial charge in [0.25, 0.3) is 15.6 Å². The number of carbonyl (C=O) groups is 6. The van der Waals surface area contributed by atoms with Gasteiger partial charge in [-0.1, -0.05) is 32.5 Å². The smallest absolute Gasteiger partial charge is 0.274 e. The summed E-state index contributed by atoms with van der Waals surface area (Å²) >= 11 is 0.779. The van der Waals surface area contributed by atoms with Crippen molar-refractivity contribution in [2.24, 2.45) is 11.3 Å². The number of nitrogens with two attached hydrogens (primary N) is 1.